The van der Waals surface area contributed by atoms with Crippen LogP contribution in [0.15, 0.2) is 47.8 Å². The minimum absolute atomic E-state index is 0.134. The van der Waals surface area contributed by atoms with Gasteiger partial charge >= 0.3 is 0 Å². The number of amides is 1. The summed E-state index contributed by atoms with van der Waals surface area (Å²) in [5.74, 6) is 1.03. The molecule has 2 heterocycles. The molecule has 0 fully saturated rings. The summed E-state index contributed by atoms with van der Waals surface area (Å²) < 4.78 is 12.3. The third-order valence-electron chi connectivity index (χ3n) is 3.58. The molecule has 7 nitrogen and oxygen atoms in total. The number of nitrogens with one attached hydrogen (secondary N) is 1. The lowest BCUT2D eigenvalue weighted by atomic mass is 10.2. The number of aromatic nitrogens is 3. The van der Waals surface area contributed by atoms with Crippen molar-refractivity contribution in [2.75, 3.05) is 19.5 Å². The van der Waals surface area contributed by atoms with Crippen LogP contribution in [0.5, 0.6) is 11.5 Å². The summed E-state index contributed by atoms with van der Waals surface area (Å²) >= 11 is 1.35. The van der Waals surface area contributed by atoms with E-state index in [1.54, 1.807) is 32.4 Å². The number of methoxy groups -OCH3 is 2. The third-order valence-corrected chi connectivity index (χ3v) is 4.64. The van der Waals surface area contributed by atoms with Crippen LogP contribution in [-0.2, 0) is 4.79 Å². The molecule has 8 heteroatoms. The van der Waals surface area contributed by atoms with Crippen LogP contribution in [0.4, 0.5) is 5.69 Å². The molecule has 0 aliphatic heterocycles. The number of fused-ring (bicyclic) bond motifs is 1. The molecule has 130 valence electrons. The average molecular weight is 358 g/mol. The molecule has 0 saturated carbocycles. The second-order valence-corrected chi connectivity index (χ2v) is 6.54. The lowest BCUT2D eigenvalue weighted by Crippen LogP contribution is -2.22. The highest BCUT2D eigenvalue weighted by atomic mass is 32.2. The van der Waals surface area contributed by atoms with Gasteiger partial charge in [0.05, 0.1) is 19.5 Å². The Morgan fingerprint density at radius 3 is 2.72 bits per heavy atom. The Balaban J connectivity index is 1.70. The number of pyridine rings is 1. The molecule has 2 aromatic heterocycles. The van der Waals surface area contributed by atoms with Crippen molar-refractivity contribution < 1.29 is 14.3 Å². The van der Waals surface area contributed by atoms with Gasteiger partial charge in [0.15, 0.2) is 22.3 Å². The first-order valence-electron chi connectivity index (χ1n) is 7.61. The van der Waals surface area contributed by atoms with Crippen molar-refractivity contribution in [1.82, 2.24) is 14.6 Å². The Hall–Kier alpha value is -2.74. The fourth-order valence-corrected chi connectivity index (χ4v) is 3.11. The Labute approximate surface area is 149 Å². The van der Waals surface area contributed by atoms with E-state index in [2.05, 4.69) is 15.5 Å². The largest absolute Gasteiger partial charge is 0.493 e. The second kappa shape index (κ2) is 7.43. The Morgan fingerprint density at radius 2 is 1.96 bits per heavy atom. The number of hydrogen-bond donors (Lipinski definition) is 1. The van der Waals surface area contributed by atoms with E-state index in [0.717, 1.165) is 5.65 Å². The molecule has 1 aromatic carbocycles. The van der Waals surface area contributed by atoms with Crippen molar-refractivity contribution in [3.8, 4) is 11.5 Å². The number of benzene rings is 1. The van der Waals surface area contributed by atoms with Crippen molar-refractivity contribution in [2.24, 2.45) is 0 Å². The van der Waals surface area contributed by atoms with Crippen molar-refractivity contribution in [1.29, 1.82) is 0 Å². The van der Waals surface area contributed by atoms with E-state index in [1.807, 2.05) is 35.7 Å². The maximum atomic E-state index is 12.5. The zero-order chi connectivity index (χ0) is 17.8. The second-order valence-electron chi connectivity index (χ2n) is 5.23. The van der Waals surface area contributed by atoms with Gasteiger partial charge in [0.1, 0.15) is 0 Å². The third kappa shape index (κ3) is 3.69. The SMILES string of the molecule is COc1ccc(NC(=O)[C@H](C)Sc2nnc3ccccn23)cc1OC. The number of ether oxygens (including phenoxy) is 2. The summed E-state index contributed by atoms with van der Waals surface area (Å²) in [6.07, 6.45) is 1.87. The number of hydrogen-bond acceptors (Lipinski definition) is 6. The van der Waals surface area contributed by atoms with Gasteiger partial charge in [0.25, 0.3) is 0 Å². The lowest BCUT2D eigenvalue weighted by molar-refractivity contribution is -0.115. The first kappa shape index (κ1) is 17.1. The maximum Gasteiger partial charge on any atom is 0.237 e. The number of carbonyl (C=O) groups excluding carboxylic acids is 1. The Morgan fingerprint density at radius 1 is 1.16 bits per heavy atom. The Bertz CT molecular complexity index is 896. The van der Waals surface area contributed by atoms with Crippen molar-refractivity contribution in [2.45, 2.75) is 17.3 Å². The molecule has 0 aliphatic carbocycles. The van der Waals surface area contributed by atoms with Gasteiger partial charge in [-0.15, -0.1) is 10.2 Å². The van der Waals surface area contributed by atoms with Crippen LogP contribution < -0.4 is 14.8 Å². The first-order chi connectivity index (χ1) is 12.1. The fourth-order valence-electron chi connectivity index (χ4n) is 2.27. The first-order valence-corrected chi connectivity index (χ1v) is 8.49. The minimum atomic E-state index is -0.347. The fraction of sp³-hybridized carbons (Fsp3) is 0.235. The highest BCUT2D eigenvalue weighted by molar-refractivity contribution is 8.00. The quantitative estimate of drug-likeness (QED) is 0.683. The normalized spacial score (nSPS) is 12.0. The van der Waals surface area contributed by atoms with Crippen LogP contribution in [0.2, 0.25) is 0 Å². The molecule has 3 rings (SSSR count). The number of thioether (sulfide) groups is 1. The maximum absolute atomic E-state index is 12.5. The zero-order valence-corrected chi connectivity index (χ0v) is 14.9. The summed E-state index contributed by atoms with van der Waals surface area (Å²) in [5.41, 5.74) is 1.39. The molecular formula is C17H18N4O3S. The lowest BCUT2D eigenvalue weighted by Gasteiger charge is -2.13. The van der Waals surface area contributed by atoms with Gasteiger partial charge in [-0.05, 0) is 31.2 Å². The highest BCUT2D eigenvalue weighted by Crippen LogP contribution is 2.30. The molecule has 0 bridgehead atoms. The van der Waals surface area contributed by atoms with E-state index in [1.165, 1.54) is 11.8 Å². The van der Waals surface area contributed by atoms with Crippen LogP contribution in [0, 0.1) is 0 Å². The summed E-state index contributed by atoms with van der Waals surface area (Å²) in [7, 11) is 3.12. The highest BCUT2D eigenvalue weighted by Gasteiger charge is 2.18. The predicted octanol–water partition coefficient (Wildman–Crippen LogP) is 2.87. The standard InChI is InChI=1S/C17H18N4O3S/c1-11(25-17-20-19-15-6-4-5-9-21(15)17)16(22)18-12-7-8-13(23-2)14(10-12)24-3/h4-11H,1-3H3,(H,18,22)/t11-/m0/s1. The number of anilines is 1. The van der Waals surface area contributed by atoms with E-state index in [0.29, 0.717) is 22.3 Å². The molecule has 1 atom stereocenters. The van der Waals surface area contributed by atoms with Crippen molar-refractivity contribution in [3.05, 3.63) is 42.6 Å². The van der Waals surface area contributed by atoms with Crippen LogP contribution in [-0.4, -0.2) is 40.0 Å². The molecule has 0 saturated heterocycles. The van der Waals surface area contributed by atoms with Crippen LogP contribution in [0.3, 0.4) is 0 Å². The predicted molar refractivity (Wildman–Crippen MR) is 96.5 cm³/mol. The molecule has 0 spiro atoms. The van der Waals surface area contributed by atoms with Gasteiger partial charge in [-0.2, -0.15) is 0 Å². The summed E-state index contributed by atoms with van der Waals surface area (Å²) in [4.78, 5) is 12.5. The van der Waals surface area contributed by atoms with Crippen LogP contribution in [0.25, 0.3) is 5.65 Å². The molecule has 1 N–H and O–H groups in total. The molecule has 0 aliphatic rings. The molecule has 1 amide bonds. The van der Waals surface area contributed by atoms with Gasteiger partial charge in [-0.25, -0.2) is 0 Å². The van der Waals surface area contributed by atoms with Crippen molar-refractivity contribution >= 4 is 29.0 Å². The van der Waals surface area contributed by atoms with Crippen molar-refractivity contribution in [3.63, 3.8) is 0 Å². The smallest absolute Gasteiger partial charge is 0.237 e. The van der Waals surface area contributed by atoms with Gasteiger partial charge in [-0.1, -0.05) is 17.8 Å². The summed E-state index contributed by atoms with van der Waals surface area (Å²) in [6.45, 7) is 1.82. The monoisotopic (exact) mass is 358 g/mol. The molecule has 3 aromatic rings. The number of carbonyl (C=O) groups is 1. The van der Waals surface area contributed by atoms with E-state index >= 15 is 0 Å². The number of rotatable bonds is 6. The summed E-state index contributed by atoms with van der Waals surface area (Å²) in [6, 6.07) is 10.9. The van der Waals surface area contributed by atoms with Gasteiger partial charge < -0.3 is 14.8 Å². The van der Waals surface area contributed by atoms with Gasteiger partial charge in [0, 0.05) is 18.0 Å². The minimum Gasteiger partial charge on any atom is -0.493 e. The van der Waals surface area contributed by atoms with E-state index in [-0.39, 0.29) is 11.2 Å². The molecule has 0 unspecified atom stereocenters. The molecular weight excluding hydrogens is 340 g/mol. The van der Waals surface area contributed by atoms with E-state index in [4.69, 9.17) is 9.47 Å². The zero-order valence-electron chi connectivity index (χ0n) is 14.1. The Kier molecular flexibility index (Phi) is 5.08. The van der Waals surface area contributed by atoms with Crippen LogP contribution >= 0.6 is 11.8 Å². The molecule has 0 radical (unpaired) electrons. The van der Waals surface area contributed by atoms with E-state index in [9.17, 15) is 4.79 Å². The number of nitrogens with zero attached hydrogens (tertiary/aromatic N) is 3. The summed E-state index contributed by atoms with van der Waals surface area (Å²) in [5, 5.41) is 11.4. The molecule has 25 heavy (non-hydrogen) atoms. The van der Waals surface area contributed by atoms with Gasteiger partial charge in [0.2, 0.25) is 5.91 Å². The average Bonchev–Trinajstić information content (AvgIpc) is 3.04. The van der Waals surface area contributed by atoms with E-state index < -0.39 is 0 Å². The van der Waals surface area contributed by atoms with Crippen LogP contribution in [0.1, 0.15) is 6.92 Å². The van der Waals surface area contributed by atoms with Gasteiger partial charge in [-0.3, -0.25) is 9.20 Å². The topological polar surface area (TPSA) is 77.8 Å².